The van der Waals surface area contributed by atoms with Crippen molar-refractivity contribution in [3.05, 3.63) is 0 Å². The van der Waals surface area contributed by atoms with Gasteiger partial charge in [-0.2, -0.15) is 5.48 Å². The molecule has 29 heavy (non-hydrogen) atoms. The molecule has 0 aromatic heterocycles. The number of nitrogens with zero attached hydrogens (tertiary/aromatic N) is 2. The monoisotopic (exact) mass is 409 g/mol. The zero-order chi connectivity index (χ0) is 19.6. The van der Waals surface area contributed by atoms with E-state index in [9.17, 15) is 4.39 Å². The highest BCUT2D eigenvalue weighted by Gasteiger charge is 2.42. The normalized spacial score (nSPS) is 45.2. The average molecular weight is 410 g/mol. The van der Waals surface area contributed by atoms with Crippen LogP contribution in [0.5, 0.6) is 0 Å². The molecule has 5 rings (SSSR count). The lowest BCUT2D eigenvalue weighted by Gasteiger charge is -2.38. The third-order valence-electron chi connectivity index (χ3n) is 8.19. The lowest BCUT2D eigenvalue weighted by Crippen LogP contribution is -2.54. The van der Waals surface area contributed by atoms with Gasteiger partial charge in [0, 0.05) is 12.5 Å². The van der Waals surface area contributed by atoms with Crippen molar-refractivity contribution in [3.8, 4) is 0 Å². The Labute approximate surface area is 175 Å². The molecule has 7 atom stereocenters. The van der Waals surface area contributed by atoms with Crippen LogP contribution < -0.4 is 16.1 Å². The van der Waals surface area contributed by atoms with Crippen molar-refractivity contribution in [1.82, 2.24) is 25.9 Å². The molecular formula is C22H40FN5O. The Bertz CT molecular complexity index is 533. The zero-order valence-electron chi connectivity index (χ0n) is 17.8. The van der Waals surface area contributed by atoms with E-state index in [4.69, 9.17) is 4.84 Å². The largest absolute Gasteiger partial charge is 0.302 e. The van der Waals surface area contributed by atoms with Gasteiger partial charge in [-0.15, -0.1) is 0 Å². The van der Waals surface area contributed by atoms with Crippen LogP contribution in [0.3, 0.4) is 0 Å². The molecule has 5 fully saturated rings. The van der Waals surface area contributed by atoms with Crippen molar-refractivity contribution in [2.45, 2.75) is 95.0 Å². The predicted octanol–water partition coefficient (Wildman–Crippen LogP) is 2.18. The molecule has 0 radical (unpaired) electrons. The van der Waals surface area contributed by atoms with Crippen LogP contribution in [0.25, 0.3) is 0 Å². The number of nitrogens with one attached hydrogen (secondary N) is 3. The van der Waals surface area contributed by atoms with Crippen LogP contribution in [-0.4, -0.2) is 73.3 Å². The standard InChI is InChI=1S/C22H40FN5O/c23-18-7-2-1-6-17(18)15-28-13-5-8-19(28)22-25-21(26-29-22)16-9-10-24-20(14-16)27-11-3-4-12-27/h16-22,24-26H,1-15H2/t16?,17?,18?,19-,20?,21?,22?/m0/s1. The van der Waals surface area contributed by atoms with E-state index in [1.54, 1.807) is 0 Å². The van der Waals surface area contributed by atoms with E-state index in [1.165, 1.54) is 51.6 Å². The summed E-state index contributed by atoms with van der Waals surface area (Å²) in [6.07, 6.45) is 11.7. The first kappa shape index (κ1) is 20.6. The summed E-state index contributed by atoms with van der Waals surface area (Å²) in [5.41, 5.74) is 3.34. The molecule has 0 aromatic rings. The minimum Gasteiger partial charge on any atom is -0.302 e. The number of rotatable bonds is 5. The minimum absolute atomic E-state index is 0.0317. The van der Waals surface area contributed by atoms with Crippen LogP contribution in [0.4, 0.5) is 4.39 Å². The smallest absolute Gasteiger partial charge is 0.146 e. The van der Waals surface area contributed by atoms with E-state index in [-0.39, 0.29) is 18.3 Å². The van der Waals surface area contributed by atoms with Crippen LogP contribution >= 0.6 is 0 Å². The third-order valence-corrected chi connectivity index (χ3v) is 8.19. The van der Waals surface area contributed by atoms with Crippen molar-refractivity contribution in [1.29, 1.82) is 0 Å². The van der Waals surface area contributed by atoms with Crippen molar-refractivity contribution >= 4 is 0 Å². The molecule has 6 nitrogen and oxygen atoms in total. The highest BCUT2D eigenvalue weighted by molar-refractivity contribution is 4.93. The Morgan fingerprint density at radius 3 is 2.66 bits per heavy atom. The molecule has 4 saturated heterocycles. The van der Waals surface area contributed by atoms with E-state index in [1.807, 2.05) is 0 Å². The van der Waals surface area contributed by atoms with Gasteiger partial charge in [0.1, 0.15) is 12.4 Å². The Balaban J connectivity index is 1.14. The van der Waals surface area contributed by atoms with E-state index in [0.29, 0.717) is 18.1 Å². The second-order valence-corrected chi connectivity index (χ2v) is 10.1. The Morgan fingerprint density at radius 1 is 0.931 bits per heavy atom. The van der Waals surface area contributed by atoms with Gasteiger partial charge in [0.25, 0.3) is 0 Å². The second kappa shape index (κ2) is 9.45. The number of alkyl halides is 1. The van der Waals surface area contributed by atoms with Crippen LogP contribution in [0, 0.1) is 11.8 Å². The molecule has 166 valence electrons. The first-order chi connectivity index (χ1) is 14.3. The first-order valence-corrected chi connectivity index (χ1v) is 12.3. The van der Waals surface area contributed by atoms with E-state index >= 15 is 0 Å². The molecule has 0 spiro atoms. The molecule has 4 aliphatic heterocycles. The Morgan fingerprint density at radius 2 is 1.79 bits per heavy atom. The van der Waals surface area contributed by atoms with Gasteiger partial charge in [-0.05, 0) is 83.5 Å². The van der Waals surface area contributed by atoms with Crippen LogP contribution in [-0.2, 0) is 4.84 Å². The zero-order valence-corrected chi connectivity index (χ0v) is 17.8. The maximum atomic E-state index is 14.4. The number of hydrogen-bond acceptors (Lipinski definition) is 6. The lowest BCUT2D eigenvalue weighted by atomic mass is 9.87. The molecule has 5 aliphatic rings. The van der Waals surface area contributed by atoms with E-state index < -0.39 is 6.17 Å². The lowest BCUT2D eigenvalue weighted by molar-refractivity contribution is -0.0305. The van der Waals surface area contributed by atoms with Crippen LogP contribution in [0.2, 0.25) is 0 Å². The van der Waals surface area contributed by atoms with Crippen LogP contribution in [0.1, 0.15) is 64.2 Å². The molecule has 7 heteroatoms. The number of piperidine rings is 1. The van der Waals surface area contributed by atoms with Crippen LogP contribution in [0.15, 0.2) is 0 Å². The average Bonchev–Trinajstić information content (AvgIpc) is 3.51. The van der Waals surface area contributed by atoms with Gasteiger partial charge >= 0.3 is 0 Å². The number of hydroxylamine groups is 1. The quantitative estimate of drug-likeness (QED) is 0.647. The highest BCUT2D eigenvalue weighted by Crippen LogP contribution is 2.32. The van der Waals surface area contributed by atoms with Gasteiger partial charge in [0.2, 0.25) is 0 Å². The minimum atomic E-state index is -0.606. The van der Waals surface area contributed by atoms with Crippen molar-refractivity contribution in [2.75, 3.05) is 32.7 Å². The molecule has 1 saturated carbocycles. The van der Waals surface area contributed by atoms with Gasteiger partial charge in [0.15, 0.2) is 0 Å². The van der Waals surface area contributed by atoms with E-state index in [0.717, 1.165) is 45.3 Å². The molecule has 1 aliphatic carbocycles. The maximum Gasteiger partial charge on any atom is 0.146 e. The van der Waals surface area contributed by atoms with Crippen molar-refractivity contribution in [2.24, 2.45) is 11.8 Å². The third kappa shape index (κ3) is 4.65. The van der Waals surface area contributed by atoms with Gasteiger partial charge in [-0.1, -0.05) is 12.8 Å². The van der Waals surface area contributed by atoms with Crippen molar-refractivity contribution in [3.63, 3.8) is 0 Å². The summed E-state index contributed by atoms with van der Waals surface area (Å²) >= 11 is 0. The van der Waals surface area contributed by atoms with Gasteiger partial charge in [-0.25, -0.2) is 4.39 Å². The summed E-state index contributed by atoms with van der Waals surface area (Å²) in [6, 6.07) is 0.373. The Kier molecular flexibility index (Phi) is 6.71. The summed E-state index contributed by atoms with van der Waals surface area (Å²) < 4.78 is 14.4. The molecule has 0 bridgehead atoms. The summed E-state index contributed by atoms with van der Waals surface area (Å²) in [7, 11) is 0. The second-order valence-electron chi connectivity index (χ2n) is 10.1. The SMILES string of the molecule is FC1CCCCC1CN1CCC[C@H]1C1NC(C2CCNC(N3CCCC3)C2)NO1. The molecule has 3 N–H and O–H groups in total. The molecule has 0 aromatic carbocycles. The topological polar surface area (TPSA) is 51.8 Å². The number of hydrogen-bond donors (Lipinski definition) is 3. The summed E-state index contributed by atoms with van der Waals surface area (Å²) in [5.74, 6) is 0.815. The highest BCUT2D eigenvalue weighted by atomic mass is 19.1. The van der Waals surface area contributed by atoms with Crippen molar-refractivity contribution < 1.29 is 9.23 Å². The fourth-order valence-corrected chi connectivity index (χ4v) is 6.46. The molecular weight excluding hydrogens is 369 g/mol. The fraction of sp³-hybridized carbons (Fsp3) is 1.00. The summed E-state index contributed by atoms with van der Waals surface area (Å²) in [6.45, 7) is 5.56. The molecule has 0 amide bonds. The number of likely N-dealkylation sites (tertiary alicyclic amines) is 2. The molecule has 6 unspecified atom stereocenters. The summed E-state index contributed by atoms with van der Waals surface area (Å²) in [5, 5.41) is 7.50. The first-order valence-electron chi connectivity index (χ1n) is 12.3. The van der Waals surface area contributed by atoms with Gasteiger partial charge < -0.3 is 5.32 Å². The summed E-state index contributed by atoms with van der Waals surface area (Å²) in [4.78, 5) is 11.2. The molecule has 4 heterocycles. The van der Waals surface area contributed by atoms with Gasteiger partial charge in [-0.3, -0.25) is 20.0 Å². The fourth-order valence-electron chi connectivity index (χ4n) is 6.46. The Hall–Kier alpha value is -0.310. The van der Waals surface area contributed by atoms with E-state index in [2.05, 4.69) is 25.9 Å². The maximum absolute atomic E-state index is 14.4. The van der Waals surface area contributed by atoms with Gasteiger partial charge in [0.05, 0.1) is 18.4 Å². The predicted molar refractivity (Wildman–Crippen MR) is 112 cm³/mol. The number of halogens is 1.